The van der Waals surface area contributed by atoms with Crippen LogP contribution in [0.5, 0.6) is 0 Å². The van der Waals surface area contributed by atoms with Crippen LogP contribution in [0, 0.1) is 0 Å². The van der Waals surface area contributed by atoms with E-state index in [1.165, 1.54) is 13.8 Å². The summed E-state index contributed by atoms with van der Waals surface area (Å²) in [4.78, 5) is 0. The maximum Gasteiger partial charge on any atom is 0.161 e. The summed E-state index contributed by atoms with van der Waals surface area (Å²) in [5, 5.41) is 19.6. The Balaban J connectivity index is 3.07. The Morgan fingerprint density at radius 1 is 1.56 bits per heavy atom. The molecular weight excluding hydrogens is 122 g/mol. The van der Waals surface area contributed by atoms with Gasteiger partial charge in [0.2, 0.25) is 0 Å². The smallest absolute Gasteiger partial charge is 0.161 e. The molecule has 0 aliphatic carbocycles. The zero-order chi connectivity index (χ0) is 7.33. The maximum atomic E-state index is 8.90. The van der Waals surface area contributed by atoms with Crippen LogP contribution in [0.25, 0.3) is 0 Å². The van der Waals surface area contributed by atoms with Crippen molar-refractivity contribution < 1.29 is 14.9 Å². The van der Waals surface area contributed by atoms with Gasteiger partial charge in [-0.2, -0.15) is 0 Å². The summed E-state index contributed by atoms with van der Waals surface area (Å²) >= 11 is 0. The molecule has 0 unspecified atom stereocenters. The second kappa shape index (κ2) is 3.79. The largest absolute Gasteiger partial charge is 0.381 e. The Bertz CT molecular complexity index is 69.1. The molecule has 0 aromatic rings. The number of aliphatic hydroxyl groups excluding tert-OH is 1. The minimum Gasteiger partial charge on any atom is -0.381 e. The van der Waals surface area contributed by atoms with Crippen molar-refractivity contribution in [2.45, 2.75) is 19.6 Å². The molecule has 0 bridgehead atoms. The molecule has 0 spiro atoms. The number of nitrogens with one attached hydrogen (secondary N) is 1. The Morgan fingerprint density at radius 2 is 2.11 bits per heavy atom. The highest BCUT2D eigenvalue weighted by atomic mass is 16.6. The first-order chi connectivity index (χ1) is 4.06. The molecule has 0 rings (SSSR count). The third-order valence-corrected chi connectivity index (χ3v) is 0.639. The van der Waals surface area contributed by atoms with E-state index in [0.29, 0.717) is 0 Å². The summed E-state index contributed by atoms with van der Waals surface area (Å²) in [5.41, 5.74) is 0. The van der Waals surface area contributed by atoms with Crippen molar-refractivity contribution >= 4 is 0 Å². The topological polar surface area (TPSA) is 61.7 Å². The molecule has 3 N–H and O–H groups in total. The van der Waals surface area contributed by atoms with Crippen molar-refractivity contribution in [3.8, 4) is 0 Å². The van der Waals surface area contributed by atoms with Gasteiger partial charge >= 0.3 is 0 Å². The first kappa shape index (κ1) is 8.84. The Labute approximate surface area is 54.5 Å². The Morgan fingerprint density at radius 3 is 2.44 bits per heavy atom. The van der Waals surface area contributed by atoms with Crippen LogP contribution in [-0.4, -0.2) is 29.5 Å². The molecule has 0 fully saturated rings. The van der Waals surface area contributed by atoms with E-state index in [0.717, 1.165) is 0 Å². The lowest BCUT2D eigenvalue weighted by atomic mass is 10.4. The summed E-state index contributed by atoms with van der Waals surface area (Å²) in [7, 11) is 0. The van der Waals surface area contributed by atoms with E-state index in [2.05, 4.69) is 5.32 Å². The molecule has 4 nitrogen and oxygen atoms in total. The number of ether oxygens (including phenoxy) is 1. The fourth-order valence-electron chi connectivity index (χ4n) is 0.273. The molecule has 0 saturated carbocycles. The van der Waals surface area contributed by atoms with E-state index in [1.807, 2.05) is 0 Å². The van der Waals surface area contributed by atoms with Crippen molar-refractivity contribution in [1.29, 1.82) is 0 Å². The van der Waals surface area contributed by atoms with E-state index in [4.69, 9.17) is 14.9 Å². The zero-order valence-corrected chi connectivity index (χ0v) is 5.72. The second-order valence-electron chi connectivity index (χ2n) is 2.14. The first-order valence-corrected chi connectivity index (χ1v) is 2.74. The molecule has 0 amide bonds. The fraction of sp³-hybridized carbons (Fsp3) is 1.00. The molecule has 0 aromatic carbocycles. The zero-order valence-electron chi connectivity index (χ0n) is 5.72. The van der Waals surface area contributed by atoms with Crippen LogP contribution >= 0.6 is 0 Å². The Hall–Kier alpha value is -0.160. The minimum atomic E-state index is -1.12. The van der Waals surface area contributed by atoms with Crippen LogP contribution in [0.15, 0.2) is 0 Å². The standard InChI is InChI=1S/C5H13NO3/c1-5(2,8)9-4-6-3-7/h6-8H,3-4H2,1-2H3. The van der Waals surface area contributed by atoms with Gasteiger partial charge in [-0.15, -0.1) is 0 Å². The summed E-state index contributed by atoms with van der Waals surface area (Å²) in [6.07, 6.45) is 0. The second-order valence-corrected chi connectivity index (χ2v) is 2.14. The van der Waals surface area contributed by atoms with Gasteiger partial charge in [-0.3, -0.25) is 5.32 Å². The number of aliphatic hydroxyl groups is 2. The molecule has 56 valence electrons. The number of rotatable bonds is 4. The molecular formula is C5H13NO3. The third-order valence-electron chi connectivity index (χ3n) is 0.639. The lowest BCUT2D eigenvalue weighted by Gasteiger charge is -2.17. The predicted octanol–water partition coefficient (Wildman–Crippen LogP) is -0.772. The van der Waals surface area contributed by atoms with E-state index in [9.17, 15) is 0 Å². The lowest BCUT2D eigenvalue weighted by molar-refractivity contribution is -0.181. The van der Waals surface area contributed by atoms with Crippen LogP contribution in [-0.2, 0) is 4.74 Å². The van der Waals surface area contributed by atoms with Gasteiger partial charge in [-0.1, -0.05) is 0 Å². The van der Waals surface area contributed by atoms with E-state index in [1.54, 1.807) is 0 Å². The molecule has 0 heterocycles. The average Bonchev–Trinajstić information content (AvgIpc) is 1.63. The van der Waals surface area contributed by atoms with Gasteiger partial charge in [-0.05, 0) is 13.8 Å². The molecule has 0 saturated heterocycles. The van der Waals surface area contributed by atoms with E-state index >= 15 is 0 Å². The molecule has 0 aromatic heterocycles. The van der Waals surface area contributed by atoms with Gasteiger partial charge in [-0.25, -0.2) is 0 Å². The quantitative estimate of drug-likeness (QED) is 0.350. The number of hydrogen-bond acceptors (Lipinski definition) is 4. The van der Waals surface area contributed by atoms with E-state index in [-0.39, 0.29) is 13.5 Å². The van der Waals surface area contributed by atoms with Crippen LogP contribution < -0.4 is 5.32 Å². The minimum absolute atomic E-state index is 0.143. The van der Waals surface area contributed by atoms with Gasteiger partial charge in [0.15, 0.2) is 5.79 Å². The molecule has 0 radical (unpaired) electrons. The van der Waals surface area contributed by atoms with Crippen molar-refractivity contribution in [2.24, 2.45) is 0 Å². The summed E-state index contributed by atoms with van der Waals surface area (Å²) in [5.74, 6) is -1.12. The molecule has 0 atom stereocenters. The van der Waals surface area contributed by atoms with E-state index < -0.39 is 5.79 Å². The van der Waals surface area contributed by atoms with Crippen molar-refractivity contribution in [2.75, 3.05) is 13.5 Å². The van der Waals surface area contributed by atoms with Crippen molar-refractivity contribution in [3.63, 3.8) is 0 Å². The van der Waals surface area contributed by atoms with Crippen molar-refractivity contribution in [1.82, 2.24) is 5.32 Å². The van der Waals surface area contributed by atoms with Crippen LogP contribution in [0.3, 0.4) is 0 Å². The highest BCUT2D eigenvalue weighted by Gasteiger charge is 2.10. The normalized spacial score (nSPS) is 12.0. The monoisotopic (exact) mass is 135 g/mol. The molecule has 4 heteroatoms. The van der Waals surface area contributed by atoms with Crippen LogP contribution in [0.1, 0.15) is 13.8 Å². The van der Waals surface area contributed by atoms with Gasteiger partial charge in [0.05, 0.1) is 6.73 Å². The SMILES string of the molecule is CC(C)(O)OCNCO. The predicted molar refractivity (Wildman–Crippen MR) is 32.5 cm³/mol. The van der Waals surface area contributed by atoms with Crippen molar-refractivity contribution in [3.05, 3.63) is 0 Å². The molecule has 0 aliphatic heterocycles. The lowest BCUT2D eigenvalue weighted by Crippen LogP contribution is -2.30. The van der Waals surface area contributed by atoms with Crippen LogP contribution in [0.2, 0.25) is 0 Å². The summed E-state index contributed by atoms with van der Waals surface area (Å²) in [6.45, 7) is 3.05. The molecule has 9 heavy (non-hydrogen) atoms. The summed E-state index contributed by atoms with van der Waals surface area (Å²) < 4.78 is 4.75. The first-order valence-electron chi connectivity index (χ1n) is 2.74. The Kier molecular flexibility index (Phi) is 3.72. The van der Waals surface area contributed by atoms with Gasteiger partial charge < -0.3 is 14.9 Å². The fourth-order valence-corrected chi connectivity index (χ4v) is 0.273. The highest BCUT2D eigenvalue weighted by molar-refractivity contribution is 4.45. The molecule has 0 aliphatic rings. The van der Waals surface area contributed by atoms with Gasteiger partial charge in [0, 0.05) is 0 Å². The summed E-state index contributed by atoms with van der Waals surface area (Å²) in [6, 6.07) is 0. The number of hydrogen-bond donors (Lipinski definition) is 3. The maximum absolute atomic E-state index is 8.90. The average molecular weight is 135 g/mol. The van der Waals surface area contributed by atoms with Gasteiger partial charge in [0.25, 0.3) is 0 Å². The highest BCUT2D eigenvalue weighted by Crippen LogP contribution is 1.99. The van der Waals surface area contributed by atoms with Gasteiger partial charge in [0.1, 0.15) is 6.73 Å². The third kappa shape index (κ3) is 7.84. The van der Waals surface area contributed by atoms with Crippen LogP contribution in [0.4, 0.5) is 0 Å².